The summed E-state index contributed by atoms with van der Waals surface area (Å²) in [7, 11) is 3.09. The van der Waals surface area contributed by atoms with Gasteiger partial charge in [0.1, 0.15) is 34.6 Å². The molecule has 1 N–H and O–H groups in total. The molecule has 0 unspecified atom stereocenters. The summed E-state index contributed by atoms with van der Waals surface area (Å²) in [4.78, 5) is 41.5. The van der Waals surface area contributed by atoms with Gasteiger partial charge in [0.15, 0.2) is 0 Å². The first kappa shape index (κ1) is 33.7. The largest absolute Gasteiger partial charge is 0.481 e. The normalized spacial score (nSPS) is 15.1. The van der Waals surface area contributed by atoms with Crippen molar-refractivity contribution in [1.29, 1.82) is 0 Å². The number of aliphatic hydroxyl groups is 1. The zero-order valence-corrected chi connectivity index (χ0v) is 26.2. The Morgan fingerprint density at radius 1 is 0.780 bits per heavy atom. The number of aromatic nitrogens is 4. The van der Waals surface area contributed by atoms with Crippen LogP contribution in [0.2, 0.25) is 0 Å². The van der Waals surface area contributed by atoms with Crippen molar-refractivity contribution < 1.29 is 38.4 Å². The van der Waals surface area contributed by atoms with Crippen LogP contribution in [-0.2, 0) is 9.47 Å². The fraction of sp³-hybridized carbons (Fsp3) is 0.615. The lowest BCUT2D eigenvalue weighted by Gasteiger charge is -2.39. The van der Waals surface area contributed by atoms with E-state index in [2.05, 4.69) is 35.9 Å². The van der Waals surface area contributed by atoms with Crippen LogP contribution < -0.4 is 14.2 Å². The van der Waals surface area contributed by atoms with Crippen molar-refractivity contribution in [3.8, 4) is 17.6 Å². The van der Waals surface area contributed by atoms with Crippen LogP contribution in [-0.4, -0.2) is 111 Å². The fourth-order valence-corrected chi connectivity index (χ4v) is 3.31. The summed E-state index contributed by atoms with van der Waals surface area (Å²) in [6.45, 7) is 12.7. The summed E-state index contributed by atoms with van der Waals surface area (Å²) in [6, 6.07) is 3.30. The number of likely N-dealkylation sites (tertiary alicyclic amines) is 2. The van der Waals surface area contributed by atoms with Gasteiger partial charge in [0, 0.05) is 6.07 Å². The van der Waals surface area contributed by atoms with E-state index in [1.165, 1.54) is 24.7 Å². The SMILES string of the molecule is CC(C)(C)OC(=O)N1CC(O)C1.COc1cc(Br)ncn1.COc1cc(OC2CN(C(=O)OC(C)(C)C)C2)ncn1. The van der Waals surface area contributed by atoms with Crippen LogP contribution in [0, 0.1) is 0 Å². The van der Waals surface area contributed by atoms with Crippen LogP contribution in [0.15, 0.2) is 29.4 Å². The number of aliphatic hydroxyl groups excluding tert-OH is 1. The highest BCUT2D eigenvalue weighted by Crippen LogP contribution is 2.21. The van der Waals surface area contributed by atoms with Gasteiger partial charge in [-0.25, -0.2) is 29.5 Å². The van der Waals surface area contributed by atoms with E-state index in [1.54, 1.807) is 24.1 Å². The number of carbonyl (C=O) groups is 2. The van der Waals surface area contributed by atoms with Crippen molar-refractivity contribution in [2.24, 2.45) is 0 Å². The van der Waals surface area contributed by atoms with Crippen LogP contribution in [0.25, 0.3) is 0 Å². The standard InChI is InChI=1S/C13H19N3O4.C8H15NO3.C5H5BrN2O/c1-13(2,3)20-12(17)16-6-9(7-16)19-11-5-10(18-4)14-8-15-11;1-8(2,3)12-7(11)9-4-6(10)5-9;1-9-5-2-4(6)7-3-8-5/h5,8-9H,6-7H2,1-4H3;6,10H,4-5H2,1-3H3;2-3H,1H3. The second kappa shape index (κ2) is 15.0. The van der Waals surface area contributed by atoms with E-state index in [9.17, 15) is 9.59 Å². The highest BCUT2D eigenvalue weighted by molar-refractivity contribution is 9.10. The van der Waals surface area contributed by atoms with Gasteiger partial charge in [0.25, 0.3) is 0 Å². The minimum absolute atomic E-state index is 0.0814. The number of ether oxygens (including phenoxy) is 5. The number of amides is 2. The van der Waals surface area contributed by atoms with E-state index < -0.39 is 11.2 Å². The van der Waals surface area contributed by atoms with Crippen LogP contribution in [0.4, 0.5) is 9.59 Å². The van der Waals surface area contributed by atoms with Gasteiger partial charge in [-0.15, -0.1) is 0 Å². The summed E-state index contributed by atoms with van der Waals surface area (Å²) in [5, 5.41) is 8.92. The molecule has 2 aromatic rings. The number of halogens is 1. The molecule has 14 nitrogen and oxygen atoms in total. The third-order valence-electron chi connectivity index (χ3n) is 4.94. The smallest absolute Gasteiger partial charge is 0.410 e. The van der Waals surface area contributed by atoms with Crippen molar-refractivity contribution in [1.82, 2.24) is 29.7 Å². The molecule has 41 heavy (non-hydrogen) atoms. The minimum Gasteiger partial charge on any atom is -0.481 e. The van der Waals surface area contributed by atoms with Crippen molar-refractivity contribution >= 4 is 28.1 Å². The van der Waals surface area contributed by atoms with E-state index >= 15 is 0 Å². The van der Waals surface area contributed by atoms with Crippen molar-refractivity contribution in [2.75, 3.05) is 40.4 Å². The second-order valence-corrected chi connectivity index (χ2v) is 11.8. The van der Waals surface area contributed by atoms with E-state index in [4.69, 9.17) is 28.8 Å². The van der Waals surface area contributed by atoms with E-state index in [0.717, 1.165) is 4.60 Å². The number of methoxy groups -OCH3 is 2. The molecule has 4 rings (SSSR count). The summed E-state index contributed by atoms with van der Waals surface area (Å²) >= 11 is 3.17. The summed E-state index contributed by atoms with van der Waals surface area (Å²) in [5.74, 6) is 1.45. The predicted octanol–water partition coefficient (Wildman–Crippen LogP) is 3.33. The molecule has 15 heteroatoms. The lowest BCUT2D eigenvalue weighted by atomic mass is 10.2. The van der Waals surface area contributed by atoms with Gasteiger partial charge in [-0.2, -0.15) is 0 Å². The van der Waals surface area contributed by atoms with Gasteiger partial charge in [0.05, 0.1) is 52.6 Å². The maximum absolute atomic E-state index is 11.7. The first-order valence-electron chi connectivity index (χ1n) is 12.8. The molecule has 2 aliphatic rings. The van der Waals surface area contributed by atoms with Gasteiger partial charge < -0.3 is 38.6 Å². The van der Waals surface area contributed by atoms with Crippen LogP contribution in [0.1, 0.15) is 41.5 Å². The van der Waals surface area contributed by atoms with Gasteiger partial charge >= 0.3 is 12.2 Å². The van der Waals surface area contributed by atoms with E-state index in [0.29, 0.717) is 43.8 Å². The number of carbonyl (C=O) groups excluding carboxylic acids is 2. The Kier molecular flexibility index (Phi) is 12.3. The molecule has 2 aliphatic heterocycles. The third-order valence-corrected chi connectivity index (χ3v) is 5.38. The van der Waals surface area contributed by atoms with E-state index in [1.807, 2.05) is 41.5 Å². The lowest BCUT2D eigenvalue weighted by molar-refractivity contribution is -0.0303. The number of hydrogen-bond acceptors (Lipinski definition) is 12. The molecule has 0 aliphatic carbocycles. The molecule has 2 saturated heterocycles. The molecule has 0 atom stereocenters. The molecule has 0 spiro atoms. The second-order valence-electron chi connectivity index (χ2n) is 10.9. The molecule has 0 radical (unpaired) electrons. The van der Waals surface area contributed by atoms with Gasteiger partial charge in [-0.3, -0.25) is 0 Å². The Morgan fingerprint density at radius 2 is 1.22 bits per heavy atom. The Balaban J connectivity index is 0.000000237. The van der Waals surface area contributed by atoms with Gasteiger partial charge in [-0.05, 0) is 57.5 Å². The number of nitrogens with zero attached hydrogens (tertiary/aromatic N) is 6. The van der Waals surface area contributed by atoms with Crippen LogP contribution >= 0.6 is 15.9 Å². The quantitative estimate of drug-likeness (QED) is 0.485. The zero-order chi connectivity index (χ0) is 30.8. The van der Waals surface area contributed by atoms with Crippen molar-refractivity contribution in [3.63, 3.8) is 0 Å². The Bertz CT molecular complexity index is 1130. The molecule has 0 bridgehead atoms. The average molecular weight is 644 g/mol. The van der Waals surface area contributed by atoms with Crippen LogP contribution in [0.5, 0.6) is 17.6 Å². The molecular weight excluding hydrogens is 604 g/mol. The maximum Gasteiger partial charge on any atom is 0.410 e. The van der Waals surface area contributed by atoms with Crippen molar-refractivity contribution in [2.45, 2.75) is 65.0 Å². The number of hydrogen-bond donors (Lipinski definition) is 1. The molecule has 4 heterocycles. The first-order valence-corrected chi connectivity index (χ1v) is 13.6. The molecule has 228 valence electrons. The molecule has 2 aromatic heterocycles. The Morgan fingerprint density at radius 3 is 1.63 bits per heavy atom. The van der Waals surface area contributed by atoms with E-state index in [-0.39, 0.29) is 24.4 Å². The monoisotopic (exact) mass is 642 g/mol. The number of β-amino-alcohol motifs (C(OH)–C–C–N with tert-alkyl or cyclic N) is 1. The van der Waals surface area contributed by atoms with Gasteiger partial charge in [-0.1, -0.05) is 0 Å². The molecular formula is C26H39BrN6O8. The summed E-state index contributed by atoms with van der Waals surface area (Å²) in [5.41, 5.74) is -0.930. The molecule has 0 aromatic carbocycles. The summed E-state index contributed by atoms with van der Waals surface area (Å²) in [6.07, 6.45) is 1.70. The first-order chi connectivity index (χ1) is 19.1. The summed E-state index contributed by atoms with van der Waals surface area (Å²) < 4.78 is 26.5. The molecule has 0 saturated carbocycles. The average Bonchev–Trinajstić information content (AvgIpc) is 2.82. The Labute approximate surface area is 248 Å². The lowest BCUT2D eigenvalue weighted by Crippen LogP contribution is -2.57. The van der Waals surface area contributed by atoms with Crippen molar-refractivity contribution in [3.05, 3.63) is 29.4 Å². The highest BCUT2D eigenvalue weighted by Gasteiger charge is 2.35. The highest BCUT2D eigenvalue weighted by atomic mass is 79.9. The van der Waals surface area contributed by atoms with Gasteiger partial charge in [0.2, 0.25) is 17.6 Å². The fourth-order valence-electron chi connectivity index (χ4n) is 3.02. The Hall–Kier alpha value is -3.46. The predicted molar refractivity (Wildman–Crippen MR) is 151 cm³/mol. The van der Waals surface area contributed by atoms with Crippen LogP contribution in [0.3, 0.4) is 0 Å². The maximum atomic E-state index is 11.7. The molecule has 2 fully saturated rings. The minimum atomic E-state index is -0.483. The number of rotatable bonds is 4. The third kappa shape index (κ3) is 12.7. The zero-order valence-electron chi connectivity index (χ0n) is 24.7. The molecule has 2 amide bonds. The topological polar surface area (TPSA) is 159 Å².